The van der Waals surface area contributed by atoms with Gasteiger partial charge in [0.1, 0.15) is 17.5 Å². The number of imidazole rings is 1. The number of carbonyl (C=O) groups excluding carboxylic acids is 1. The second-order valence-electron chi connectivity index (χ2n) is 7.95. The molecule has 0 spiro atoms. The first kappa shape index (κ1) is 20.2. The highest BCUT2D eigenvalue weighted by Gasteiger charge is 2.13. The average molecular weight is 472 g/mol. The predicted octanol–water partition coefficient (Wildman–Crippen LogP) is 3.40. The molecule has 5 N–H and O–H groups in total. The second-order valence-corrected chi connectivity index (χ2v) is 8.39. The van der Waals surface area contributed by atoms with Gasteiger partial charge in [-0.05, 0) is 35.9 Å². The molecule has 0 aliphatic rings. The number of H-pyrrole nitrogens is 2. The Morgan fingerprint density at radius 3 is 2.94 bits per heavy atom. The molecule has 0 unspecified atom stereocenters. The van der Waals surface area contributed by atoms with Gasteiger partial charge in [-0.25, -0.2) is 19.9 Å². The smallest absolute Gasteiger partial charge is 0.253 e. The highest BCUT2D eigenvalue weighted by atomic mass is 35.5. The number of nitrogen functional groups attached to an aromatic ring is 1. The lowest BCUT2D eigenvalue weighted by molar-refractivity contribution is 0.0950. The van der Waals surface area contributed by atoms with E-state index >= 15 is 0 Å². The van der Waals surface area contributed by atoms with E-state index in [1.165, 1.54) is 6.33 Å². The number of hydrogen-bond donors (Lipinski definition) is 4. The highest BCUT2D eigenvalue weighted by molar-refractivity contribution is 6.31. The Kier molecular flexibility index (Phi) is 4.66. The third kappa shape index (κ3) is 3.50. The van der Waals surface area contributed by atoms with Crippen LogP contribution in [0.4, 0.5) is 5.82 Å². The summed E-state index contributed by atoms with van der Waals surface area (Å²) in [5, 5.41) is 5.39. The first-order valence-electron chi connectivity index (χ1n) is 10.5. The van der Waals surface area contributed by atoms with Crippen molar-refractivity contribution in [3.05, 3.63) is 77.2 Å². The maximum atomic E-state index is 12.7. The van der Waals surface area contributed by atoms with E-state index in [-0.39, 0.29) is 5.91 Å². The zero-order valence-corrected chi connectivity index (χ0v) is 18.5. The molecule has 1 amide bonds. The van der Waals surface area contributed by atoms with Crippen molar-refractivity contribution in [3.63, 3.8) is 0 Å². The number of amides is 1. The van der Waals surface area contributed by atoms with Crippen molar-refractivity contribution in [1.29, 1.82) is 0 Å². The first-order valence-corrected chi connectivity index (χ1v) is 10.9. The van der Waals surface area contributed by atoms with Gasteiger partial charge in [-0.1, -0.05) is 11.6 Å². The number of nitrogens with one attached hydrogen (secondary N) is 3. The van der Waals surface area contributed by atoms with Crippen LogP contribution in [0, 0.1) is 0 Å². The van der Waals surface area contributed by atoms with Gasteiger partial charge in [-0.15, -0.1) is 0 Å². The van der Waals surface area contributed by atoms with E-state index in [0.29, 0.717) is 40.7 Å². The fourth-order valence-corrected chi connectivity index (χ4v) is 4.35. The van der Waals surface area contributed by atoms with Crippen molar-refractivity contribution in [2.24, 2.45) is 0 Å². The summed E-state index contributed by atoms with van der Waals surface area (Å²) in [5.41, 5.74) is 11.1. The van der Waals surface area contributed by atoms with Gasteiger partial charge in [0.2, 0.25) is 0 Å². The van der Waals surface area contributed by atoms with Gasteiger partial charge in [0.15, 0.2) is 11.5 Å². The van der Waals surface area contributed by atoms with Crippen LogP contribution >= 0.6 is 11.6 Å². The van der Waals surface area contributed by atoms with Crippen LogP contribution in [-0.2, 0) is 13.1 Å². The molecule has 0 fully saturated rings. The van der Waals surface area contributed by atoms with E-state index in [4.69, 9.17) is 17.3 Å². The standard InChI is InChI=1S/C23H18ClN9O/c24-16-4-13-6-17(8-28-23(34)14-3-12-1-2-26-21(12)27-7-14)32-18(13)15(5-16)9-33-11-31-19-20(25)29-10-30-22(19)33/h1-7,10-11,32H,8-9H2,(H,26,27)(H,28,34)(H2,25,29,30). The second kappa shape index (κ2) is 7.85. The maximum absolute atomic E-state index is 12.7. The Morgan fingerprint density at radius 1 is 1.12 bits per heavy atom. The summed E-state index contributed by atoms with van der Waals surface area (Å²) in [6, 6.07) is 9.45. The Bertz CT molecular complexity index is 1700. The van der Waals surface area contributed by atoms with Crippen LogP contribution in [0.25, 0.3) is 33.1 Å². The first-order chi connectivity index (χ1) is 16.5. The average Bonchev–Trinajstić information content (AvgIpc) is 3.56. The molecule has 6 rings (SSSR count). The van der Waals surface area contributed by atoms with Crippen LogP contribution in [-0.4, -0.2) is 40.4 Å². The molecular formula is C23H18ClN9O. The maximum Gasteiger partial charge on any atom is 0.253 e. The molecule has 5 aromatic heterocycles. The van der Waals surface area contributed by atoms with Crippen LogP contribution in [0.5, 0.6) is 0 Å². The summed E-state index contributed by atoms with van der Waals surface area (Å²) in [5.74, 6) is 0.137. The molecule has 0 saturated carbocycles. The van der Waals surface area contributed by atoms with Gasteiger partial charge in [0, 0.05) is 33.9 Å². The molecule has 0 aliphatic heterocycles. The van der Waals surface area contributed by atoms with Crippen molar-refractivity contribution in [3.8, 4) is 0 Å². The Hall–Kier alpha value is -4.44. The number of anilines is 1. The van der Waals surface area contributed by atoms with Crippen LogP contribution in [0.15, 0.2) is 55.4 Å². The third-order valence-corrected chi connectivity index (χ3v) is 5.92. The molecule has 0 radical (unpaired) electrons. The predicted molar refractivity (Wildman–Crippen MR) is 129 cm³/mol. The van der Waals surface area contributed by atoms with Crippen molar-refractivity contribution >= 4 is 56.4 Å². The molecule has 6 aromatic rings. The molecular weight excluding hydrogens is 454 g/mol. The van der Waals surface area contributed by atoms with E-state index in [0.717, 1.165) is 33.2 Å². The number of fused-ring (bicyclic) bond motifs is 3. The summed E-state index contributed by atoms with van der Waals surface area (Å²) in [6.07, 6.45) is 6.45. The van der Waals surface area contributed by atoms with E-state index in [1.807, 2.05) is 34.9 Å². The molecule has 34 heavy (non-hydrogen) atoms. The van der Waals surface area contributed by atoms with Gasteiger partial charge in [-0.3, -0.25) is 4.79 Å². The lowest BCUT2D eigenvalue weighted by Crippen LogP contribution is -2.23. The Balaban J connectivity index is 1.26. The number of hydrogen-bond acceptors (Lipinski definition) is 6. The number of rotatable bonds is 5. The minimum atomic E-state index is -0.199. The number of halogens is 1. The SMILES string of the molecule is Nc1ncnc2c1ncn2Cc1cc(Cl)cc2cc(CNC(=O)c3cnc4[nH]ccc4c3)[nH]c12. The summed E-state index contributed by atoms with van der Waals surface area (Å²) in [6.45, 7) is 0.812. The van der Waals surface area contributed by atoms with Gasteiger partial charge < -0.3 is 25.6 Å². The quantitative estimate of drug-likeness (QED) is 0.303. The number of pyridine rings is 1. The summed E-state index contributed by atoms with van der Waals surface area (Å²) < 4.78 is 1.89. The molecule has 0 aliphatic carbocycles. The molecule has 0 saturated heterocycles. The topological polar surface area (TPSA) is 143 Å². The van der Waals surface area contributed by atoms with Crippen molar-refractivity contribution < 1.29 is 4.79 Å². The lowest BCUT2D eigenvalue weighted by atomic mass is 10.1. The summed E-state index contributed by atoms with van der Waals surface area (Å²) >= 11 is 6.40. The minimum Gasteiger partial charge on any atom is -0.382 e. The monoisotopic (exact) mass is 471 g/mol. The van der Waals surface area contributed by atoms with Crippen LogP contribution in [0.3, 0.4) is 0 Å². The number of carbonyl (C=O) groups is 1. The van der Waals surface area contributed by atoms with Crippen molar-refractivity contribution in [2.45, 2.75) is 13.1 Å². The molecule has 168 valence electrons. The van der Waals surface area contributed by atoms with E-state index in [1.54, 1.807) is 18.7 Å². The van der Waals surface area contributed by atoms with Crippen LogP contribution in [0.1, 0.15) is 21.6 Å². The number of benzene rings is 1. The number of aromatic nitrogens is 7. The Labute approximate surface area is 197 Å². The van der Waals surface area contributed by atoms with Gasteiger partial charge in [-0.2, -0.15) is 0 Å². The van der Waals surface area contributed by atoms with Crippen LogP contribution < -0.4 is 11.1 Å². The zero-order chi connectivity index (χ0) is 23.2. The summed E-state index contributed by atoms with van der Waals surface area (Å²) in [7, 11) is 0. The lowest BCUT2D eigenvalue weighted by Gasteiger charge is -2.07. The van der Waals surface area contributed by atoms with Crippen molar-refractivity contribution in [2.75, 3.05) is 5.73 Å². The normalized spacial score (nSPS) is 11.6. The Morgan fingerprint density at radius 2 is 2.03 bits per heavy atom. The number of nitrogens with two attached hydrogens (primary N) is 1. The molecule has 5 heterocycles. The van der Waals surface area contributed by atoms with Gasteiger partial charge >= 0.3 is 0 Å². The molecule has 10 nitrogen and oxygen atoms in total. The molecule has 0 bridgehead atoms. The number of nitrogens with zero attached hydrogens (tertiary/aromatic N) is 5. The highest BCUT2D eigenvalue weighted by Crippen LogP contribution is 2.26. The largest absolute Gasteiger partial charge is 0.382 e. The third-order valence-electron chi connectivity index (χ3n) is 5.70. The van der Waals surface area contributed by atoms with E-state index in [9.17, 15) is 4.79 Å². The van der Waals surface area contributed by atoms with E-state index < -0.39 is 0 Å². The fraction of sp³-hybridized carbons (Fsp3) is 0.0870. The molecule has 1 aromatic carbocycles. The van der Waals surface area contributed by atoms with Gasteiger partial charge in [0.25, 0.3) is 5.91 Å². The number of aromatic amines is 2. The summed E-state index contributed by atoms with van der Waals surface area (Å²) in [4.78, 5) is 36.0. The van der Waals surface area contributed by atoms with Crippen LogP contribution in [0.2, 0.25) is 5.02 Å². The van der Waals surface area contributed by atoms with E-state index in [2.05, 4.69) is 35.2 Å². The van der Waals surface area contributed by atoms with Crippen molar-refractivity contribution in [1.82, 2.24) is 39.8 Å². The van der Waals surface area contributed by atoms with Gasteiger partial charge in [0.05, 0.1) is 30.5 Å². The molecule has 0 atom stereocenters. The molecule has 11 heteroatoms. The zero-order valence-electron chi connectivity index (χ0n) is 17.7. The minimum absolute atomic E-state index is 0.199. The fourth-order valence-electron chi connectivity index (χ4n) is 4.10.